The predicted molar refractivity (Wildman–Crippen MR) is 130 cm³/mol. The van der Waals surface area contributed by atoms with E-state index in [0.717, 1.165) is 35.5 Å². The summed E-state index contributed by atoms with van der Waals surface area (Å²) < 4.78 is 6.03. The van der Waals surface area contributed by atoms with Gasteiger partial charge in [0.2, 0.25) is 0 Å². The maximum absolute atomic E-state index is 12.7. The number of carbonyl (C=O) groups is 1. The van der Waals surface area contributed by atoms with Crippen LogP contribution in [-0.4, -0.2) is 61.2 Å². The SMILES string of the molecule is NC(N)=NCCCNCc1ccc(N2C=C3C=C(C4CC(N)C(CCO)O4)NC3NC2=O)cc1. The number of aliphatic hydroxyl groups is 1. The fraction of sp³-hybridized carbons (Fsp3) is 0.478. The lowest BCUT2D eigenvalue weighted by molar-refractivity contribution is 0.0413. The molecule has 11 heteroatoms. The summed E-state index contributed by atoms with van der Waals surface area (Å²) in [5.74, 6) is 0.112. The minimum absolute atomic E-state index is 0.0463. The van der Waals surface area contributed by atoms with Crippen molar-refractivity contribution in [2.75, 3.05) is 24.6 Å². The van der Waals surface area contributed by atoms with E-state index in [4.69, 9.17) is 21.9 Å². The highest BCUT2D eigenvalue weighted by molar-refractivity contribution is 5.96. The Balaban J connectivity index is 1.35. The maximum atomic E-state index is 12.7. The Labute approximate surface area is 199 Å². The van der Waals surface area contributed by atoms with Crippen molar-refractivity contribution in [3.63, 3.8) is 0 Å². The number of anilines is 1. The van der Waals surface area contributed by atoms with Crippen molar-refractivity contribution in [1.82, 2.24) is 16.0 Å². The van der Waals surface area contributed by atoms with Gasteiger partial charge in [-0.2, -0.15) is 0 Å². The highest BCUT2D eigenvalue weighted by atomic mass is 16.5. The van der Waals surface area contributed by atoms with Gasteiger partial charge < -0.3 is 43.0 Å². The van der Waals surface area contributed by atoms with Crippen LogP contribution < -0.4 is 38.1 Å². The number of guanidine groups is 1. The number of carbonyl (C=O) groups excluding carboxylic acids is 1. The number of nitrogens with one attached hydrogen (secondary N) is 3. The van der Waals surface area contributed by atoms with E-state index in [1.807, 2.05) is 36.5 Å². The predicted octanol–water partition coefficient (Wildman–Crippen LogP) is -0.466. The molecule has 0 spiro atoms. The van der Waals surface area contributed by atoms with Crippen LogP contribution >= 0.6 is 0 Å². The smallest absolute Gasteiger partial charge is 0.327 e. The minimum Gasteiger partial charge on any atom is -0.396 e. The van der Waals surface area contributed by atoms with E-state index in [0.29, 0.717) is 25.9 Å². The zero-order valence-corrected chi connectivity index (χ0v) is 19.1. The summed E-state index contributed by atoms with van der Waals surface area (Å²) in [6.07, 6.45) is 5.27. The Morgan fingerprint density at radius 1 is 1.26 bits per heavy atom. The second kappa shape index (κ2) is 10.9. The normalized spacial score (nSPS) is 25.8. The molecule has 10 N–H and O–H groups in total. The van der Waals surface area contributed by atoms with Gasteiger partial charge in [0.25, 0.3) is 0 Å². The molecule has 34 heavy (non-hydrogen) atoms. The molecule has 3 aliphatic heterocycles. The highest BCUT2D eigenvalue weighted by Crippen LogP contribution is 2.31. The fourth-order valence-corrected chi connectivity index (χ4v) is 4.36. The van der Waals surface area contributed by atoms with Gasteiger partial charge in [-0.1, -0.05) is 12.1 Å². The van der Waals surface area contributed by atoms with E-state index in [-0.39, 0.29) is 43.0 Å². The van der Waals surface area contributed by atoms with Crippen LogP contribution in [0.5, 0.6) is 0 Å². The molecule has 4 atom stereocenters. The highest BCUT2D eigenvalue weighted by Gasteiger charge is 2.39. The molecule has 1 fully saturated rings. The zero-order valence-electron chi connectivity index (χ0n) is 19.1. The lowest BCUT2D eigenvalue weighted by atomic mass is 10.1. The monoisotopic (exact) mass is 470 g/mol. The Kier molecular flexibility index (Phi) is 7.68. The van der Waals surface area contributed by atoms with Gasteiger partial charge in [-0.25, -0.2) is 4.79 Å². The van der Waals surface area contributed by atoms with E-state index >= 15 is 0 Å². The minimum atomic E-state index is -0.294. The van der Waals surface area contributed by atoms with Crippen LogP contribution in [0.4, 0.5) is 10.5 Å². The second-order valence-electron chi connectivity index (χ2n) is 8.70. The molecule has 11 nitrogen and oxygen atoms in total. The van der Waals surface area contributed by atoms with Gasteiger partial charge in [0, 0.05) is 43.2 Å². The third kappa shape index (κ3) is 5.68. The van der Waals surface area contributed by atoms with Crippen molar-refractivity contribution in [1.29, 1.82) is 0 Å². The molecule has 2 amide bonds. The molecule has 1 aromatic rings. The number of nitrogens with two attached hydrogens (primary N) is 3. The topological polar surface area (TPSA) is 176 Å². The summed E-state index contributed by atoms with van der Waals surface area (Å²) >= 11 is 0. The number of hydrogen-bond donors (Lipinski definition) is 7. The second-order valence-corrected chi connectivity index (χ2v) is 8.70. The van der Waals surface area contributed by atoms with Gasteiger partial charge in [0.1, 0.15) is 6.17 Å². The molecular weight excluding hydrogens is 436 g/mol. The molecule has 0 radical (unpaired) electrons. The number of hydrogen-bond acceptors (Lipinski definition) is 7. The number of rotatable bonds is 10. The van der Waals surface area contributed by atoms with Crippen LogP contribution in [0.1, 0.15) is 24.8 Å². The van der Waals surface area contributed by atoms with E-state index < -0.39 is 0 Å². The van der Waals surface area contributed by atoms with Crippen LogP contribution in [0.25, 0.3) is 0 Å². The first kappa shape index (κ1) is 24.0. The van der Waals surface area contributed by atoms with E-state index in [1.54, 1.807) is 4.90 Å². The van der Waals surface area contributed by atoms with Crippen molar-refractivity contribution in [2.24, 2.45) is 22.2 Å². The van der Waals surface area contributed by atoms with Gasteiger partial charge >= 0.3 is 6.03 Å². The van der Waals surface area contributed by atoms with Crippen molar-refractivity contribution in [3.05, 3.63) is 53.4 Å². The summed E-state index contributed by atoms with van der Waals surface area (Å²) in [5.41, 5.74) is 20.5. The number of fused-ring (bicyclic) bond motifs is 1. The number of amides is 2. The summed E-state index contributed by atoms with van der Waals surface area (Å²) in [7, 11) is 0. The molecule has 0 aromatic heterocycles. The Hall–Kier alpha value is -3.12. The van der Waals surface area contributed by atoms with Crippen molar-refractivity contribution in [2.45, 2.75) is 50.2 Å². The van der Waals surface area contributed by atoms with Gasteiger partial charge in [-0.15, -0.1) is 0 Å². The standard InChI is InChI=1S/C23H34N8O3/c24-17-11-20(34-19(17)6-9-32)18-10-15-13-31(23(33)30-21(15)29-18)16-4-2-14(3-5-16)12-27-7-1-8-28-22(25)26/h2-5,10,13,17,19-21,27,29,32H,1,6-9,11-12,24H2,(H,30,33)(H4,25,26,28). The molecule has 1 saturated heterocycles. The third-order valence-electron chi connectivity index (χ3n) is 6.14. The van der Waals surface area contributed by atoms with Crippen LogP contribution in [0.15, 0.2) is 52.8 Å². The molecular formula is C23H34N8O3. The summed E-state index contributed by atoms with van der Waals surface area (Å²) in [6, 6.07) is 7.54. The average molecular weight is 471 g/mol. The molecule has 0 bridgehead atoms. The first-order valence-corrected chi connectivity index (χ1v) is 11.6. The number of aliphatic hydroxyl groups excluding tert-OH is 1. The van der Waals surface area contributed by atoms with Crippen LogP contribution in [0, 0.1) is 0 Å². The zero-order chi connectivity index (χ0) is 24.1. The first-order valence-electron chi connectivity index (χ1n) is 11.6. The molecule has 0 saturated carbocycles. The average Bonchev–Trinajstić information content (AvgIpc) is 3.39. The van der Waals surface area contributed by atoms with Crippen molar-refractivity contribution in [3.8, 4) is 0 Å². The molecule has 3 heterocycles. The number of ether oxygens (including phenoxy) is 1. The largest absolute Gasteiger partial charge is 0.396 e. The quantitative estimate of drug-likeness (QED) is 0.136. The van der Waals surface area contributed by atoms with Crippen LogP contribution in [-0.2, 0) is 11.3 Å². The summed E-state index contributed by atoms with van der Waals surface area (Å²) in [5, 5.41) is 18.9. The van der Waals surface area contributed by atoms with Gasteiger partial charge in [0.05, 0.1) is 17.9 Å². The number of urea groups is 1. The van der Waals surface area contributed by atoms with Gasteiger partial charge in [-0.05, 0) is 49.6 Å². The molecule has 1 aromatic carbocycles. The van der Waals surface area contributed by atoms with E-state index in [1.165, 1.54) is 0 Å². The fourth-order valence-electron chi connectivity index (χ4n) is 4.36. The summed E-state index contributed by atoms with van der Waals surface area (Å²) in [4.78, 5) is 18.3. The molecule has 4 unspecified atom stereocenters. The Morgan fingerprint density at radius 3 is 2.79 bits per heavy atom. The van der Waals surface area contributed by atoms with Gasteiger partial charge in [0.15, 0.2) is 5.96 Å². The lowest BCUT2D eigenvalue weighted by Crippen LogP contribution is -2.52. The van der Waals surface area contributed by atoms with Crippen LogP contribution in [0.3, 0.4) is 0 Å². The summed E-state index contributed by atoms with van der Waals surface area (Å²) in [6.45, 7) is 2.17. The van der Waals surface area contributed by atoms with E-state index in [2.05, 4.69) is 20.9 Å². The number of nitrogens with zero attached hydrogens (tertiary/aromatic N) is 2. The third-order valence-corrected chi connectivity index (χ3v) is 6.14. The number of aliphatic imine (C=N–C) groups is 1. The Bertz CT molecular complexity index is 957. The molecule has 4 rings (SSSR count). The lowest BCUT2D eigenvalue weighted by Gasteiger charge is -2.29. The first-order chi connectivity index (χ1) is 16.4. The molecule has 184 valence electrons. The van der Waals surface area contributed by atoms with Gasteiger partial charge in [-0.3, -0.25) is 9.89 Å². The molecule has 3 aliphatic rings. The molecule has 0 aliphatic carbocycles. The Morgan fingerprint density at radius 2 is 2.06 bits per heavy atom. The number of benzene rings is 1. The van der Waals surface area contributed by atoms with Crippen molar-refractivity contribution >= 4 is 17.7 Å². The van der Waals surface area contributed by atoms with E-state index in [9.17, 15) is 9.90 Å². The maximum Gasteiger partial charge on any atom is 0.327 e. The van der Waals surface area contributed by atoms with Crippen LogP contribution in [0.2, 0.25) is 0 Å². The van der Waals surface area contributed by atoms with Crippen molar-refractivity contribution < 1.29 is 14.6 Å².